The molecule has 4 heterocycles. The lowest BCUT2D eigenvalue weighted by Crippen LogP contribution is -2.43. The van der Waals surface area contributed by atoms with Crippen LogP contribution in [-0.4, -0.2) is 45.2 Å². The number of thiophene rings is 1. The molecule has 5 rings (SSSR count). The highest BCUT2D eigenvalue weighted by Crippen LogP contribution is 2.39. The number of Topliss-reactive ketones (excluding diaryl/α,β-unsaturated/α-hetero) is 1. The van der Waals surface area contributed by atoms with Crippen LogP contribution in [0.4, 0.5) is 0 Å². The highest BCUT2D eigenvalue weighted by atomic mass is 32.1. The third-order valence-electron chi connectivity index (χ3n) is 6.11. The molecule has 0 saturated carbocycles. The highest BCUT2D eigenvalue weighted by Gasteiger charge is 2.42. The number of fused-ring (bicyclic) bond motifs is 2. The minimum Gasteiger partial charge on any atom is -0.486 e. The molecule has 30 heavy (non-hydrogen) atoms. The maximum absolute atomic E-state index is 13.3. The first kappa shape index (κ1) is 19.0. The zero-order valence-electron chi connectivity index (χ0n) is 16.6. The molecule has 0 bridgehead atoms. The fraction of sp³-hybridized carbons (Fsp3) is 0.364. The first-order valence-corrected chi connectivity index (χ1v) is 10.9. The number of amides is 1. The Morgan fingerprint density at radius 3 is 2.90 bits per heavy atom. The van der Waals surface area contributed by atoms with Gasteiger partial charge in [0, 0.05) is 19.5 Å². The van der Waals surface area contributed by atoms with Gasteiger partial charge in [-0.1, -0.05) is 12.1 Å². The number of H-pyrrole nitrogens is 1. The molecule has 2 aliphatic heterocycles. The second-order valence-electron chi connectivity index (χ2n) is 7.99. The van der Waals surface area contributed by atoms with Crippen LogP contribution >= 0.6 is 11.3 Å². The fourth-order valence-corrected chi connectivity index (χ4v) is 5.64. The van der Waals surface area contributed by atoms with Gasteiger partial charge in [-0.05, 0) is 37.5 Å². The van der Waals surface area contributed by atoms with Gasteiger partial charge >= 0.3 is 0 Å². The van der Waals surface area contributed by atoms with E-state index in [4.69, 9.17) is 4.74 Å². The van der Waals surface area contributed by atoms with Gasteiger partial charge in [0.2, 0.25) is 0 Å². The van der Waals surface area contributed by atoms with Crippen LogP contribution in [0.5, 0.6) is 5.75 Å². The molecule has 1 saturated heterocycles. The fourth-order valence-electron chi connectivity index (χ4n) is 4.52. The summed E-state index contributed by atoms with van der Waals surface area (Å²) in [5.74, 6) is 0.649. The van der Waals surface area contributed by atoms with E-state index in [-0.39, 0.29) is 17.2 Å². The van der Waals surface area contributed by atoms with Crippen LogP contribution in [0.2, 0.25) is 0 Å². The Bertz CT molecular complexity index is 1230. The molecular weight excluding hydrogens is 402 g/mol. The Morgan fingerprint density at radius 1 is 1.23 bits per heavy atom. The standard InChI is InChI=1S/C22H21N3O4S/c1-13-17-19(27)23-12-24-20(17)30-18(13)21(28)25-9-4-7-22(8-10-25)11-15(26)14-5-2-3-6-16(14)29-22/h2-3,5-6,12H,4,7-11H2,1H3,(H,23,24,27). The Hall–Kier alpha value is -3.00. The zero-order valence-corrected chi connectivity index (χ0v) is 17.4. The van der Waals surface area contributed by atoms with Crippen LogP contribution in [0.25, 0.3) is 10.2 Å². The summed E-state index contributed by atoms with van der Waals surface area (Å²) in [5, 5.41) is 0.481. The van der Waals surface area contributed by atoms with Crippen LogP contribution in [0, 0.1) is 6.92 Å². The minimum absolute atomic E-state index is 0.0884. The number of aryl methyl sites for hydroxylation is 1. The van der Waals surface area contributed by atoms with Crippen molar-refractivity contribution in [1.82, 2.24) is 14.9 Å². The number of carbonyl (C=O) groups excluding carboxylic acids is 2. The largest absolute Gasteiger partial charge is 0.486 e. The molecule has 154 valence electrons. The quantitative estimate of drug-likeness (QED) is 0.648. The zero-order chi connectivity index (χ0) is 20.9. The van der Waals surface area contributed by atoms with Crippen molar-refractivity contribution in [1.29, 1.82) is 0 Å². The van der Waals surface area contributed by atoms with E-state index < -0.39 is 5.60 Å². The number of nitrogens with zero attached hydrogens (tertiary/aromatic N) is 2. The smallest absolute Gasteiger partial charge is 0.264 e. The summed E-state index contributed by atoms with van der Waals surface area (Å²) in [4.78, 5) is 47.8. The predicted octanol–water partition coefficient (Wildman–Crippen LogP) is 3.32. The molecule has 1 spiro atoms. The van der Waals surface area contributed by atoms with Gasteiger partial charge in [-0.2, -0.15) is 0 Å². The summed E-state index contributed by atoms with van der Waals surface area (Å²) in [5.41, 5.74) is 0.523. The second-order valence-corrected chi connectivity index (χ2v) is 8.99. The van der Waals surface area contributed by atoms with E-state index in [2.05, 4.69) is 9.97 Å². The Morgan fingerprint density at radius 2 is 2.07 bits per heavy atom. The van der Waals surface area contributed by atoms with Gasteiger partial charge in [-0.3, -0.25) is 14.4 Å². The molecule has 0 radical (unpaired) electrons. The van der Waals surface area contributed by atoms with Gasteiger partial charge in [0.15, 0.2) is 5.78 Å². The van der Waals surface area contributed by atoms with E-state index in [1.807, 2.05) is 23.1 Å². The summed E-state index contributed by atoms with van der Waals surface area (Å²) in [7, 11) is 0. The minimum atomic E-state index is -0.561. The number of carbonyl (C=O) groups is 2. The Kier molecular flexibility index (Phi) is 4.47. The number of hydrogen-bond acceptors (Lipinski definition) is 6. The molecule has 8 heteroatoms. The van der Waals surface area contributed by atoms with E-state index in [0.29, 0.717) is 57.9 Å². The van der Waals surface area contributed by atoms with Crippen LogP contribution in [0.1, 0.15) is 51.3 Å². The van der Waals surface area contributed by atoms with Gasteiger partial charge in [-0.15, -0.1) is 11.3 Å². The van der Waals surface area contributed by atoms with Crippen LogP contribution in [0.15, 0.2) is 35.4 Å². The van der Waals surface area contributed by atoms with Crippen molar-refractivity contribution >= 4 is 33.2 Å². The normalized spacial score (nSPS) is 21.4. The molecular formula is C22H21N3O4S. The first-order valence-electron chi connectivity index (χ1n) is 10.0. The van der Waals surface area contributed by atoms with Crippen molar-refractivity contribution in [2.45, 2.75) is 38.2 Å². The van der Waals surface area contributed by atoms with Crippen LogP contribution in [-0.2, 0) is 0 Å². The molecule has 1 fully saturated rings. The van der Waals surface area contributed by atoms with Crippen LogP contribution < -0.4 is 10.3 Å². The number of ether oxygens (including phenoxy) is 1. The molecule has 1 N–H and O–H groups in total. The number of aromatic amines is 1. The van der Waals surface area contributed by atoms with E-state index in [1.54, 1.807) is 13.0 Å². The number of nitrogens with one attached hydrogen (secondary N) is 1. The van der Waals surface area contributed by atoms with Gasteiger partial charge in [-0.25, -0.2) is 4.98 Å². The average Bonchev–Trinajstić information content (AvgIpc) is 2.94. The molecule has 3 aromatic rings. The molecule has 2 aliphatic rings. The molecule has 1 amide bonds. The monoisotopic (exact) mass is 423 g/mol. The highest BCUT2D eigenvalue weighted by molar-refractivity contribution is 7.20. The number of para-hydroxylation sites is 1. The summed E-state index contributed by atoms with van der Waals surface area (Å²) in [6.45, 7) is 2.89. The van der Waals surface area contributed by atoms with Gasteiger partial charge in [0.1, 0.15) is 16.2 Å². The summed E-state index contributed by atoms with van der Waals surface area (Å²) < 4.78 is 6.32. The Labute approximate surface area is 176 Å². The average molecular weight is 423 g/mol. The number of hydrogen-bond donors (Lipinski definition) is 1. The van der Waals surface area contributed by atoms with Crippen molar-refractivity contribution in [3.8, 4) is 5.75 Å². The lowest BCUT2D eigenvalue weighted by Gasteiger charge is -2.37. The van der Waals surface area contributed by atoms with Gasteiger partial charge < -0.3 is 14.6 Å². The van der Waals surface area contributed by atoms with E-state index in [9.17, 15) is 14.4 Å². The van der Waals surface area contributed by atoms with Crippen molar-refractivity contribution in [2.75, 3.05) is 13.1 Å². The second kappa shape index (κ2) is 7.05. The van der Waals surface area contributed by atoms with Crippen molar-refractivity contribution in [2.24, 2.45) is 0 Å². The van der Waals surface area contributed by atoms with Gasteiger partial charge in [0.05, 0.1) is 28.6 Å². The molecule has 0 aliphatic carbocycles. The van der Waals surface area contributed by atoms with E-state index >= 15 is 0 Å². The number of rotatable bonds is 1. The lowest BCUT2D eigenvalue weighted by molar-refractivity contribution is 0.0300. The van der Waals surface area contributed by atoms with Gasteiger partial charge in [0.25, 0.3) is 11.5 Å². The summed E-state index contributed by atoms with van der Waals surface area (Å²) in [6, 6.07) is 7.36. The number of likely N-dealkylation sites (tertiary alicyclic amines) is 1. The molecule has 7 nitrogen and oxygen atoms in total. The predicted molar refractivity (Wildman–Crippen MR) is 113 cm³/mol. The lowest BCUT2D eigenvalue weighted by atomic mass is 9.84. The van der Waals surface area contributed by atoms with Crippen LogP contribution in [0.3, 0.4) is 0 Å². The third-order valence-corrected chi connectivity index (χ3v) is 7.30. The Balaban J connectivity index is 1.40. The number of ketones is 1. The molecule has 1 atom stereocenters. The molecule has 1 aromatic carbocycles. The molecule has 1 unspecified atom stereocenters. The van der Waals surface area contributed by atoms with Crippen molar-refractivity contribution in [3.05, 3.63) is 57.0 Å². The van der Waals surface area contributed by atoms with Crippen molar-refractivity contribution < 1.29 is 14.3 Å². The maximum Gasteiger partial charge on any atom is 0.264 e. The van der Waals surface area contributed by atoms with E-state index in [1.165, 1.54) is 17.7 Å². The number of benzene rings is 1. The summed E-state index contributed by atoms with van der Waals surface area (Å²) >= 11 is 1.26. The SMILES string of the molecule is Cc1c(C(=O)N2CCCC3(CC2)CC(=O)c2ccccc2O3)sc2nc[nH]c(=O)c12. The molecule has 2 aromatic heterocycles. The summed E-state index contributed by atoms with van der Waals surface area (Å²) in [6.07, 6.45) is 3.78. The number of aromatic nitrogens is 2. The first-order chi connectivity index (χ1) is 14.5. The van der Waals surface area contributed by atoms with Crippen molar-refractivity contribution in [3.63, 3.8) is 0 Å². The topological polar surface area (TPSA) is 92.4 Å². The maximum atomic E-state index is 13.3. The van der Waals surface area contributed by atoms with E-state index in [0.717, 1.165) is 12.8 Å². The third kappa shape index (κ3) is 3.02.